The Morgan fingerprint density at radius 2 is 1.89 bits per heavy atom. The topological polar surface area (TPSA) is 52.1 Å². The molecular formula is C20H34IN5O. The van der Waals surface area contributed by atoms with Gasteiger partial charge in [-0.2, -0.15) is 0 Å². The van der Waals surface area contributed by atoms with Gasteiger partial charge >= 0.3 is 0 Å². The summed E-state index contributed by atoms with van der Waals surface area (Å²) in [4.78, 5) is 9.31. The number of rotatable bonds is 9. The summed E-state index contributed by atoms with van der Waals surface area (Å²) in [6.45, 7) is 14.8. The van der Waals surface area contributed by atoms with Crippen LogP contribution in [0, 0.1) is 0 Å². The second kappa shape index (κ2) is 13.8. The van der Waals surface area contributed by atoms with Crippen LogP contribution in [0.15, 0.2) is 41.9 Å². The summed E-state index contributed by atoms with van der Waals surface area (Å²) in [5.41, 5.74) is 1.10. The van der Waals surface area contributed by atoms with Gasteiger partial charge in [-0.25, -0.2) is 0 Å². The van der Waals surface area contributed by atoms with Crippen molar-refractivity contribution in [1.29, 1.82) is 0 Å². The number of piperazine rings is 1. The van der Waals surface area contributed by atoms with Crippen LogP contribution >= 0.6 is 24.0 Å². The van der Waals surface area contributed by atoms with Gasteiger partial charge in [0.05, 0.1) is 0 Å². The zero-order valence-corrected chi connectivity index (χ0v) is 18.9. The van der Waals surface area contributed by atoms with Crippen molar-refractivity contribution in [2.45, 2.75) is 13.5 Å². The van der Waals surface area contributed by atoms with Gasteiger partial charge in [0.25, 0.3) is 0 Å². The van der Waals surface area contributed by atoms with Crippen molar-refractivity contribution < 1.29 is 4.74 Å². The molecule has 0 unspecified atom stereocenters. The Labute approximate surface area is 181 Å². The molecule has 6 nitrogen and oxygen atoms in total. The normalized spacial score (nSPS) is 15.7. The second-order valence-electron chi connectivity index (χ2n) is 6.34. The number of ether oxygens (including phenoxy) is 1. The van der Waals surface area contributed by atoms with E-state index in [1.54, 1.807) is 13.1 Å². The highest BCUT2D eigenvalue weighted by Gasteiger charge is 2.14. The number of halogens is 1. The SMILES string of the molecule is C=CCOc1ccccc1CNC(=NC)NCCN1CCN(CC)CC1.I. The van der Waals surface area contributed by atoms with E-state index in [-0.39, 0.29) is 24.0 Å². The smallest absolute Gasteiger partial charge is 0.191 e. The third-order valence-electron chi connectivity index (χ3n) is 4.63. The van der Waals surface area contributed by atoms with Crippen LogP contribution in [0.2, 0.25) is 0 Å². The van der Waals surface area contributed by atoms with E-state index >= 15 is 0 Å². The van der Waals surface area contributed by atoms with Crippen LogP contribution in [0.1, 0.15) is 12.5 Å². The molecular weight excluding hydrogens is 453 g/mol. The number of hydrogen-bond acceptors (Lipinski definition) is 4. The molecule has 1 aliphatic heterocycles. The van der Waals surface area contributed by atoms with Crippen LogP contribution < -0.4 is 15.4 Å². The fourth-order valence-corrected chi connectivity index (χ4v) is 3.00. The lowest BCUT2D eigenvalue weighted by Gasteiger charge is -2.34. The summed E-state index contributed by atoms with van der Waals surface area (Å²) in [5.74, 6) is 1.69. The highest BCUT2D eigenvalue weighted by molar-refractivity contribution is 14.0. The molecule has 0 aliphatic carbocycles. The molecule has 0 aromatic heterocycles. The fourth-order valence-electron chi connectivity index (χ4n) is 3.00. The van der Waals surface area contributed by atoms with Gasteiger partial charge in [0.2, 0.25) is 0 Å². The summed E-state index contributed by atoms with van der Waals surface area (Å²) in [7, 11) is 1.80. The standard InChI is InChI=1S/C20H33N5O.HI/c1-4-16-26-19-9-7-6-8-18(19)17-23-20(21-3)22-10-11-25-14-12-24(5-2)13-15-25;/h4,6-9H,1,5,10-17H2,2-3H3,(H2,21,22,23);1H. The second-order valence-corrected chi connectivity index (χ2v) is 6.34. The molecule has 1 heterocycles. The minimum absolute atomic E-state index is 0. The van der Waals surface area contributed by atoms with Crippen LogP contribution in [0.25, 0.3) is 0 Å². The molecule has 1 aromatic carbocycles. The maximum Gasteiger partial charge on any atom is 0.191 e. The molecule has 1 fully saturated rings. The van der Waals surface area contributed by atoms with Gasteiger partial charge < -0.3 is 20.3 Å². The molecule has 2 N–H and O–H groups in total. The van der Waals surface area contributed by atoms with E-state index in [9.17, 15) is 0 Å². The van der Waals surface area contributed by atoms with E-state index in [0.717, 1.165) is 50.0 Å². The Bertz CT molecular complexity index is 573. The molecule has 1 aliphatic rings. The van der Waals surface area contributed by atoms with Crippen molar-refractivity contribution in [3.8, 4) is 5.75 Å². The van der Waals surface area contributed by atoms with Gasteiger partial charge in [0.1, 0.15) is 12.4 Å². The molecule has 0 atom stereocenters. The van der Waals surface area contributed by atoms with Gasteiger partial charge in [0, 0.05) is 58.4 Å². The maximum absolute atomic E-state index is 5.70. The lowest BCUT2D eigenvalue weighted by atomic mass is 10.2. The van der Waals surface area contributed by atoms with Crippen LogP contribution in [0.4, 0.5) is 0 Å². The van der Waals surface area contributed by atoms with E-state index in [2.05, 4.69) is 45.0 Å². The number of benzene rings is 1. The lowest BCUT2D eigenvalue weighted by molar-refractivity contribution is 0.139. The van der Waals surface area contributed by atoms with Crippen molar-refractivity contribution in [2.75, 3.05) is 59.5 Å². The van der Waals surface area contributed by atoms with Crippen molar-refractivity contribution in [3.05, 3.63) is 42.5 Å². The Morgan fingerprint density at radius 3 is 2.56 bits per heavy atom. The highest BCUT2D eigenvalue weighted by Crippen LogP contribution is 2.17. The zero-order valence-electron chi connectivity index (χ0n) is 16.6. The largest absolute Gasteiger partial charge is 0.489 e. The van der Waals surface area contributed by atoms with Crippen LogP contribution in [0.3, 0.4) is 0 Å². The molecule has 7 heteroatoms. The lowest BCUT2D eigenvalue weighted by Crippen LogP contribution is -2.49. The summed E-state index contributed by atoms with van der Waals surface area (Å²) in [5, 5.41) is 6.76. The third kappa shape index (κ3) is 8.49. The Morgan fingerprint density at radius 1 is 1.19 bits per heavy atom. The molecule has 0 radical (unpaired) electrons. The number of nitrogens with zero attached hydrogens (tertiary/aromatic N) is 3. The molecule has 152 valence electrons. The molecule has 1 aromatic rings. The number of para-hydroxylation sites is 1. The molecule has 0 spiro atoms. The summed E-state index contributed by atoms with van der Waals surface area (Å²) in [6, 6.07) is 8.04. The van der Waals surface area contributed by atoms with Gasteiger partial charge in [-0.3, -0.25) is 9.89 Å². The monoisotopic (exact) mass is 487 g/mol. The molecule has 0 amide bonds. The molecule has 0 bridgehead atoms. The van der Waals surface area contributed by atoms with Gasteiger partial charge in [-0.15, -0.1) is 24.0 Å². The minimum atomic E-state index is 0. The summed E-state index contributed by atoms with van der Waals surface area (Å²) < 4.78 is 5.70. The first-order chi connectivity index (χ1) is 12.8. The van der Waals surface area contributed by atoms with Gasteiger partial charge in [-0.1, -0.05) is 37.8 Å². The maximum atomic E-state index is 5.70. The van der Waals surface area contributed by atoms with E-state index in [4.69, 9.17) is 4.74 Å². The first-order valence-electron chi connectivity index (χ1n) is 9.47. The number of nitrogens with one attached hydrogen (secondary N) is 2. The van der Waals surface area contributed by atoms with E-state index in [1.165, 1.54) is 13.1 Å². The highest BCUT2D eigenvalue weighted by atomic mass is 127. The Balaban J connectivity index is 0.00000364. The quantitative estimate of drug-likeness (QED) is 0.242. The van der Waals surface area contributed by atoms with Crippen LogP contribution in [-0.2, 0) is 6.54 Å². The number of guanidine groups is 1. The first kappa shape index (κ1) is 23.7. The number of aliphatic imine (C=N–C) groups is 1. The average molecular weight is 487 g/mol. The number of hydrogen-bond donors (Lipinski definition) is 2. The van der Waals surface area contributed by atoms with E-state index in [0.29, 0.717) is 13.2 Å². The van der Waals surface area contributed by atoms with Gasteiger partial charge in [0.15, 0.2) is 5.96 Å². The third-order valence-corrected chi connectivity index (χ3v) is 4.63. The fraction of sp³-hybridized carbons (Fsp3) is 0.550. The Hall–Kier alpha value is -1.32. The average Bonchev–Trinajstić information content (AvgIpc) is 2.70. The Kier molecular flexibility index (Phi) is 12.1. The van der Waals surface area contributed by atoms with Crippen molar-refractivity contribution in [2.24, 2.45) is 4.99 Å². The van der Waals surface area contributed by atoms with E-state index in [1.807, 2.05) is 18.2 Å². The molecule has 2 rings (SSSR count). The predicted octanol–water partition coefficient (Wildman–Crippen LogP) is 2.17. The summed E-state index contributed by atoms with van der Waals surface area (Å²) in [6.07, 6.45) is 1.75. The zero-order chi connectivity index (χ0) is 18.6. The minimum Gasteiger partial charge on any atom is -0.489 e. The van der Waals surface area contributed by atoms with Crippen molar-refractivity contribution in [3.63, 3.8) is 0 Å². The van der Waals surface area contributed by atoms with Crippen LogP contribution in [-0.4, -0.2) is 75.2 Å². The molecule has 0 saturated carbocycles. The van der Waals surface area contributed by atoms with Crippen molar-refractivity contribution in [1.82, 2.24) is 20.4 Å². The summed E-state index contributed by atoms with van der Waals surface area (Å²) >= 11 is 0. The van der Waals surface area contributed by atoms with Crippen molar-refractivity contribution >= 4 is 29.9 Å². The van der Waals surface area contributed by atoms with Gasteiger partial charge in [-0.05, 0) is 12.6 Å². The molecule has 1 saturated heterocycles. The predicted molar refractivity (Wildman–Crippen MR) is 124 cm³/mol. The molecule has 27 heavy (non-hydrogen) atoms. The van der Waals surface area contributed by atoms with Crippen LogP contribution in [0.5, 0.6) is 5.75 Å². The number of likely N-dealkylation sites (N-methyl/N-ethyl adjacent to an activating group) is 1. The van der Waals surface area contributed by atoms with E-state index < -0.39 is 0 Å². The first-order valence-corrected chi connectivity index (χ1v) is 9.47.